The Hall–Kier alpha value is -3.46. The van der Waals surface area contributed by atoms with Crippen molar-refractivity contribution < 1.29 is 19.1 Å². The normalized spacial score (nSPS) is 10.5. The number of nitrogens with one attached hydrogen (secondary N) is 1. The molecule has 2 aromatic heterocycles. The van der Waals surface area contributed by atoms with Gasteiger partial charge in [-0.3, -0.25) is 4.68 Å². The van der Waals surface area contributed by atoms with E-state index in [1.54, 1.807) is 45.2 Å². The summed E-state index contributed by atoms with van der Waals surface area (Å²) in [6.07, 6.45) is 2.75. The number of esters is 2. The summed E-state index contributed by atoms with van der Waals surface area (Å²) in [7, 11) is 1.65. The zero-order valence-electron chi connectivity index (χ0n) is 16.7. The fraction of sp³-hybridized carbons (Fsp3) is 0.250. The van der Waals surface area contributed by atoms with Crippen molar-refractivity contribution in [3.8, 4) is 11.4 Å². The molecule has 0 amide bonds. The number of hydrogen-bond acceptors (Lipinski definition) is 8. The number of carbonyl (C=O) groups excluding carboxylic acids is 2. The van der Waals surface area contributed by atoms with Crippen LogP contribution < -0.4 is 5.32 Å². The predicted octanol–water partition coefficient (Wildman–Crippen LogP) is 3.63. The molecule has 0 aliphatic heterocycles. The van der Waals surface area contributed by atoms with E-state index in [2.05, 4.69) is 20.4 Å². The first-order valence-corrected chi connectivity index (χ1v) is 9.58. The topological polar surface area (TPSA) is 108 Å². The summed E-state index contributed by atoms with van der Waals surface area (Å²) in [5.41, 5.74) is 1.03. The van der Waals surface area contributed by atoms with Crippen LogP contribution in [0.5, 0.6) is 0 Å². The van der Waals surface area contributed by atoms with Gasteiger partial charge in [0.1, 0.15) is 22.8 Å². The van der Waals surface area contributed by atoms with Gasteiger partial charge in [0.25, 0.3) is 0 Å². The molecule has 0 spiro atoms. The molecule has 3 rings (SSSR count). The van der Waals surface area contributed by atoms with Gasteiger partial charge in [-0.15, -0.1) is 0 Å². The van der Waals surface area contributed by atoms with E-state index in [0.29, 0.717) is 22.2 Å². The summed E-state index contributed by atoms with van der Waals surface area (Å²) in [6.45, 7) is 3.82. The van der Waals surface area contributed by atoms with Crippen molar-refractivity contribution in [3.05, 3.63) is 52.8 Å². The van der Waals surface area contributed by atoms with Gasteiger partial charge >= 0.3 is 11.9 Å². The predicted molar refractivity (Wildman–Crippen MR) is 111 cm³/mol. The molecular weight excluding hydrogens is 410 g/mol. The molecule has 2 heterocycles. The summed E-state index contributed by atoms with van der Waals surface area (Å²) in [5, 5.41) is 7.69. The van der Waals surface area contributed by atoms with Gasteiger partial charge in [-0.1, -0.05) is 11.6 Å². The Labute approximate surface area is 178 Å². The van der Waals surface area contributed by atoms with E-state index >= 15 is 0 Å². The van der Waals surface area contributed by atoms with E-state index in [1.807, 2.05) is 0 Å². The van der Waals surface area contributed by atoms with Crippen LogP contribution >= 0.6 is 11.6 Å². The molecule has 10 heteroatoms. The van der Waals surface area contributed by atoms with Crippen molar-refractivity contribution in [1.82, 2.24) is 19.7 Å². The van der Waals surface area contributed by atoms with Crippen LogP contribution in [-0.4, -0.2) is 44.9 Å². The number of carbonyl (C=O) groups is 2. The van der Waals surface area contributed by atoms with E-state index in [1.165, 1.54) is 17.1 Å². The van der Waals surface area contributed by atoms with Crippen LogP contribution in [0, 0.1) is 0 Å². The molecule has 0 saturated heterocycles. The monoisotopic (exact) mass is 429 g/mol. The zero-order valence-corrected chi connectivity index (χ0v) is 17.4. The molecule has 0 aliphatic carbocycles. The van der Waals surface area contributed by atoms with Crippen molar-refractivity contribution in [3.63, 3.8) is 0 Å². The number of benzene rings is 1. The summed E-state index contributed by atoms with van der Waals surface area (Å²) >= 11 is 5.95. The van der Waals surface area contributed by atoms with Gasteiger partial charge in [0.05, 0.1) is 19.4 Å². The molecule has 0 radical (unpaired) electrons. The maximum atomic E-state index is 12.4. The molecule has 0 bridgehead atoms. The highest BCUT2D eigenvalue weighted by Gasteiger charge is 2.22. The number of aryl methyl sites for hydroxylation is 1. The van der Waals surface area contributed by atoms with E-state index < -0.39 is 11.9 Å². The number of hydrogen-bond donors (Lipinski definition) is 1. The lowest BCUT2D eigenvalue weighted by molar-refractivity contribution is 0.0518. The molecule has 1 N–H and O–H groups in total. The Morgan fingerprint density at radius 1 is 1.03 bits per heavy atom. The van der Waals surface area contributed by atoms with Crippen LogP contribution in [0.25, 0.3) is 11.4 Å². The van der Waals surface area contributed by atoms with Gasteiger partial charge in [0.2, 0.25) is 0 Å². The van der Waals surface area contributed by atoms with Crippen molar-refractivity contribution in [1.29, 1.82) is 0 Å². The molecule has 0 saturated carbocycles. The number of aromatic nitrogens is 4. The summed E-state index contributed by atoms with van der Waals surface area (Å²) in [4.78, 5) is 33.4. The van der Waals surface area contributed by atoms with Gasteiger partial charge in [-0.25, -0.2) is 19.6 Å². The smallest absolute Gasteiger partial charge is 0.343 e. The highest BCUT2D eigenvalue weighted by Crippen LogP contribution is 2.26. The second kappa shape index (κ2) is 9.36. The third-order valence-electron chi connectivity index (χ3n) is 4.06. The number of anilines is 2. The van der Waals surface area contributed by atoms with E-state index in [9.17, 15) is 9.59 Å². The quantitative estimate of drug-likeness (QED) is 0.567. The fourth-order valence-electron chi connectivity index (χ4n) is 2.63. The van der Waals surface area contributed by atoms with Gasteiger partial charge in [-0.05, 0) is 38.1 Å². The number of rotatable bonds is 7. The molecule has 0 fully saturated rings. The highest BCUT2D eigenvalue weighted by molar-refractivity contribution is 6.30. The highest BCUT2D eigenvalue weighted by atomic mass is 35.5. The first-order chi connectivity index (χ1) is 14.4. The summed E-state index contributed by atoms with van der Waals surface area (Å²) in [5.74, 6) is -0.287. The van der Waals surface area contributed by atoms with Crippen LogP contribution in [0.4, 0.5) is 11.6 Å². The Bertz CT molecular complexity index is 1070. The average molecular weight is 430 g/mol. The Balaban J connectivity index is 2.06. The van der Waals surface area contributed by atoms with Crippen molar-refractivity contribution >= 4 is 35.2 Å². The molecule has 30 heavy (non-hydrogen) atoms. The molecule has 3 aromatic rings. The minimum atomic E-state index is -0.595. The number of ether oxygens (including phenoxy) is 2. The molecule has 0 atom stereocenters. The van der Waals surface area contributed by atoms with E-state index in [4.69, 9.17) is 21.1 Å². The average Bonchev–Trinajstić information content (AvgIpc) is 3.09. The second-order valence-corrected chi connectivity index (χ2v) is 6.50. The number of halogens is 1. The van der Waals surface area contributed by atoms with Crippen LogP contribution in [0.2, 0.25) is 5.02 Å². The Kier molecular flexibility index (Phi) is 6.63. The summed E-state index contributed by atoms with van der Waals surface area (Å²) in [6, 6.07) is 6.96. The van der Waals surface area contributed by atoms with Gasteiger partial charge in [0.15, 0.2) is 5.82 Å². The van der Waals surface area contributed by atoms with E-state index in [-0.39, 0.29) is 30.2 Å². The van der Waals surface area contributed by atoms with Crippen molar-refractivity contribution in [2.45, 2.75) is 13.8 Å². The first kappa shape index (κ1) is 21.3. The lowest BCUT2D eigenvalue weighted by Gasteiger charge is -2.13. The Morgan fingerprint density at radius 3 is 2.30 bits per heavy atom. The molecule has 0 unspecified atom stereocenters. The second-order valence-electron chi connectivity index (χ2n) is 6.06. The summed E-state index contributed by atoms with van der Waals surface area (Å²) < 4.78 is 11.6. The van der Waals surface area contributed by atoms with Crippen molar-refractivity contribution in [2.24, 2.45) is 7.05 Å². The van der Waals surface area contributed by atoms with Crippen LogP contribution in [0.1, 0.15) is 34.6 Å². The third kappa shape index (κ3) is 4.57. The van der Waals surface area contributed by atoms with Crippen LogP contribution in [0.3, 0.4) is 0 Å². The largest absolute Gasteiger partial charge is 0.462 e. The molecule has 0 aliphatic rings. The molecular formula is C20H20ClN5O4. The van der Waals surface area contributed by atoms with E-state index in [0.717, 1.165) is 0 Å². The standard InChI is InChI=1S/C20H20ClN5O4/c1-4-29-19(27)14-10-22-16(12-6-8-13(21)9-7-12)24-17(14)25-18-15(11-23-26(18)3)20(28)30-5-2/h6-11H,4-5H2,1-3H3,(H,22,24,25). The van der Waals surface area contributed by atoms with Crippen LogP contribution in [-0.2, 0) is 16.5 Å². The Morgan fingerprint density at radius 2 is 1.67 bits per heavy atom. The minimum absolute atomic E-state index is 0.116. The SMILES string of the molecule is CCOC(=O)c1cnc(-c2ccc(Cl)cc2)nc1Nc1c(C(=O)OCC)cnn1C. The zero-order chi connectivity index (χ0) is 21.7. The maximum absolute atomic E-state index is 12.4. The third-order valence-corrected chi connectivity index (χ3v) is 4.31. The van der Waals surface area contributed by atoms with Gasteiger partial charge in [0, 0.05) is 23.8 Å². The lowest BCUT2D eigenvalue weighted by atomic mass is 10.2. The van der Waals surface area contributed by atoms with Crippen molar-refractivity contribution in [2.75, 3.05) is 18.5 Å². The molecule has 1 aromatic carbocycles. The fourth-order valence-corrected chi connectivity index (χ4v) is 2.76. The van der Waals surface area contributed by atoms with Gasteiger partial charge in [-0.2, -0.15) is 5.10 Å². The minimum Gasteiger partial charge on any atom is -0.462 e. The lowest BCUT2D eigenvalue weighted by Crippen LogP contribution is -2.14. The maximum Gasteiger partial charge on any atom is 0.343 e. The molecule has 156 valence electrons. The number of nitrogens with zero attached hydrogens (tertiary/aromatic N) is 4. The molecule has 9 nitrogen and oxygen atoms in total. The van der Waals surface area contributed by atoms with Gasteiger partial charge < -0.3 is 14.8 Å². The van der Waals surface area contributed by atoms with Crippen LogP contribution in [0.15, 0.2) is 36.7 Å². The first-order valence-electron chi connectivity index (χ1n) is 9.20.